The van der Waals surface area contributed by atoms with Crippen LogP contribution in [0.25, 0.3) is 112 Å². The van der Waals surface area contributed by atoms with Crippen LogP contribution in [0.3, 0.4) is 0 Å². The topological polar surface area (TPSA) is 56.7 Å². The van der Waals surface area contributed by atoms with Crippen molar-refractivity contribution in [1.82, 2.24) is 19.5 Å². The predicted molar refractivity (Wildman–Crippen MR) is 282 cm³/mol. The highest BCUT2D eigenvalue weighted by Crippen LogP contribution is 2.43. The van der Waals surface area contributed by atoms with Crippen molar-refractivity contribution in [2.45, 2.75) is 0 Å². The van der Waals surface area contributed by atoms with Crippen molar-refractivity contribution < 1.29 is 4.42 Å². The first-order chi connectivity index (χ1) is 33.7. The number of aromatic nitrogens is 4. The molecule has 0 radical (unpaired) electrons. The van der Waals surface area contributed by atoms with Crippen LogP contribution in [0.15, 0.2) is 248 Å². The molecule has 0 spiro atoms. The molecule has 0 aliphatic heterocycles. The third-order valence-electron chi connectivity index (χ3n) is 12.6. The minimum atomic E-state index is 0.559. The zero-order chi connectivity index (χ0) is 45.4. The van der Waals surface area contributed by atoms with Crippen molar-refractivity contribution >= 4 is 61.0 Å². The summed E-state index contributed by atoms with van der Waals surface area (Å²) in [5.74, 6) is 1.74. The second-order valence-corrected chi connectivity index (χ2v) is 16.8. The summed E-state index contributed by atoms with van der Waals surface area (Å²) in [6.07, 6.45) is 6.19. The van der Waals surface area contributed by atoms with E-state index in [-0.39, 0.29) is 0 Å². The molecule has 0 N–H and O–H groups in total. The van der Waals surface area contributed by atoms with E-state index < -0.39 is 0 Å². The normalized spacial score (nSPS) is 12.1. The van der Waals surface area contributed by atoms with Crippen molar-refractivity contribution in [3.63, 3.8) is 0 Å². The Kier molecular flexibility index (Phi) is 10.3. The van der Waals surface area contributed by atoms with Crippen molar-refractivity contribution in [2.75, 3.05) is 0 Å². The second-order valence-electron chi connectivity index (χ2n) is 16.8. The van der Waals surface area contributed by atoms with Crippen LogP contribution >= 0.6 is 0 Å². The summed E-state index contributed by atoms with van der Waals surface area (Å²) in [6.45, 7) is 4.15. The van der Waals surface area contributed by atoms with Gasteiger partial charge < -0.3 is 8.98 Å². The van der Waals surface area contributed by atoms with E-state index in [1.54, 1.807) is 0 Å². The lowest BCUT2D eigenvalue weighted by molar-refractivity contribution is 0.669. The van der Waals surface area contributed by atoms with Crippen LogP contribution in [-0.2, 0) is 0 Å². The molecule has 9 aromatic carbocycles. The van der Waals surface area contributed by atoms with Crippen molar-refractivity contribution in [1.29, 1.82) is 0 Å². The average Bonchev–Trinajstić information content (AvgIpc) is 3.94. The van der Waals surface area contributed by atoms with E-state index in [9.17, 15) is 0 Å². The quantitative estimate of drug-likeness (QED) is 0.101. The first-order valence-corrected chi connectivity index (χ1v) is 22.8. The number of rotatable bonds is 10. The van der Waals surface area contributed by atoms with Crippen LogP contribution in [0.4, 0.5) is 0 Å². The Morgan fingerprint density at radius 1 is 0.412 bits per heavy atom. The maximum Gasteiger partial charge on any atom is 0.164 e. The lowest BCUT2D eigenvalue weighted by Gasteiger charge is -2.18. The van der Waals surface area contributed by atoms with Crippen molar-refractivity contribution in [2.24, 2.45) is 0 Å². The van der Waals surface area contributed by atoms with Gasteiger partial charge in [-0.3, -0.25) is 0 Å². The van der Waals surface area contributed by atoms with Crippen molar-refractivity contribution in [3.05, 3.63) is 260 Å². The molecule has 0 saturated carbocycles. The Labute approximate surface area is 394 Å². The molecule has 3 aromatic heterocycles. The number of hydrogen-bond donors (Lipinski definition) is 0. The Morgan fingerprint density at radius 2 is 1.01 bits per heavy atom. The molecule has 0 unspecified atom stereocenters. The Balaban J connectivity index is 1.09. The van der Waals surface area contributed by atoms with Crippen LogP contribution in [0.2, 0.25) is 0 Å². The molecule has 0 atom stereocenters. The van der Waals surface area contributed by atoms with Gasteiger partial charge >= 0.3 is 0 Å². The average molecular weight is 871 g/mol. The van der Waals surface area contributed by atoms with Crippen LogP contribution in [0.1, 0.15) is 16.7 Å². The summed E-state index contributed by atoms with van der Waals surface area (Å²) in [5.41, 5.74) is 14.8. The third kappa shape index (κ3) is 7.38. The maximum absolute atomic E-state index is 6.86. The van der Waals surface area contributed by atoms with E-state index in [1.165, 1.54) is 10.8 Å². The van der Waals surface area contributed by atoms with Gasteiger partial charge in [0.1, 0.15) is 11.2 Å². The molecule has 0 amide bonds. The highest BCUT2D eigenvalue weighted by atomic mass is 16.3. The number of para-hydroxylation sites is 2. The van der Waals surface area contributed by atoms with Crippen LogP contribution in [0, 0.1) is 0 Å². The van der Waals surface area contributed by atoms with Gasteiger partial charge in [0.25, 0.3) is 0 Å². The Hall–Kier alpha value is -9.19. The second kappa shape index (κ2) is 17.3. The fourth-order valence-corrected chi connectivity index (χ4v) is 9.45. The molecule has 5 nitrogen and oxygen atoms in total. The molecule has 12 rings (SSSR count). The van der Waals surface area contributed by atoms with Gasteiger partial charge in [0.05, 0.1) is 11.0 Å². The lowest BCUT2D eigenvalue weighted by atomic mass is 9.87. The molecule has 68 heavy (non-hydrogen) atoms. The van der Waals surface area contributed by atoms with E-state index in [2.05, 4.69) is 175 Å². The zero-order valence-corrected chi connectivity index (χ0v) is 37.0. The number of furan rings is 1. The largest absolute Gasteiger partial charge is 0.456 e. The third-order valence-corrected chi connectivity index (χ3v) is 12.6. The van der Waals surface area contributed by atoms with Gasteiger partial charge in [-0.2, -0.15) is 0 Å². The summed E-state index contributed by atoms with van der Waals surface area (Å²) in [6, 6.07) is 77.9. The van der Waals surface area contributed by atoms with Gasteiger partial charge in [-0.25, -0.2) is 15.0 Å². The highest BCUT2D eigenvalue weighted by molar-refractivity contribution is 6.18. The van der Waals surface area contributed by atoms with E-state index in [4.69, 9.17) is 19.4 Å². The summed E-state index contributed by atoms with van der Waals surface area (Å²) >= 11 is 0. The molecular weight excluding hydrogens is 829 g/mol. The Morgan fingerprint density at radius 3 is 1.71 bits per heavy atom. The SMILES string of the molecule is C=C/C=C(\C(=C/c1ccccc1)c1ccc(-c2ccc3c(c2)oc2cc4c(cc23)c2ccccc2n4-c2ccccc2)c(-c2nc(-c3ccccc3)nc(-c3ccccc3)n2)c1)c1ccccc1. The smallest absolute Gasteiger partial charge is 0.164 e. The number of hydrogen-bond acceptors (Lipinski definition) is 4. The minimum absolute atomic E-state index is 0.559. The molecule has 12 aromatic rings. The van der Waals surface area contributed by atoms with Gasteiger partial charge in [0, 0.05) is 50.0 Å². The molecule has 0 bridgehead atoms. The summed E-state index contributed by atoms with van der Waals surface area (Å²) in [5, 5.41) is 4.50. The predicted octanol–water partition coefficient (Wildman–Crippen LogP) is 16.3. The molecule has 5 heteroatoms. The van der Waals surface area contributed by atoms with Gasteiger partial charge in [-0.15, -0.1) is 0 Å². The number of fused-ring (bicyclic) bond motifs is 6. The van der Waals surface area contributed by atoms with Gasteiger partial charge in [-0.05, 0) is 87.5 Å². The number of nitrogens with zero attached hydrogens (tertiary/aromatic N) is 4. The molecule has 0 saturated heterocycles. The first-order valence-electron chi connectivity index (χ1n) is 22.8. The van der Waals surface area contributed by atoms with Crippen LogP contribution in [0.5, 0.6) is 0 Å². The van der Waals surface area contributed by atoms with E-state index in [1.807, 2.05) is 78.9 Å². The molecule has 320 valence electrons. The fraction of sp³-hybridized carbons (Fsp3) is 0. The molecule has 0 aliphatic carbocycles. The van der Waals surface area contributed by atoms with E-state index in [0.717, 1.165) is 94.3 Å². The minimum Gasteiger partial charge on any atom is -0.456 e. The maximum atomic E-state index is 6.86. The van der Waals surface area contributed by atoms with Gasteiger partial charge in [0.15, 0.2) is 17.5 Å². The van der Waals surface area contributed by atoms with Crippen LogP contribution < -0.4 is 0 Å². The molecule has 0 fully saturated rings. The van der Waals surface area contributed by atoms with E-state index >= 15 is 0 Å². The number of benzene rings is 9. The van der Waals surface area contributed by atoms with Crippen molar-refractivity contribution in [3.8, 4) is 51.0 Å². The fourth-order valence-electron chi connectivity index (χ4n) is 9.45. The number of allylic oxidation sites excluding steroid dienone is 4. The molecule has 3 heterocycles. The van der Waals surface area contributed by atoms with Gasteiger partial charge in [0.2, 0.25) is 0 Å². The first kappa shape index (κ1) is 40.3. The van der Waals surface area contributed by atoms with Gasteiger partial charge in [-0.1, -0.05) is 195 Å². The van der Waals surface area contributed by atoms with E-state index in [0.29, 0.717) is 17.5 Å². The van der Waals surface area contributed by atoms with Crippen LogP contribution in [-0.4, -0.2) is 19.5 Å². The molecular formula is C63H42N4O. The zero-order valence-electron chi connectivity index (χ0n) is 37.0. The summed E-state index contributed by atoms with van der Waals surface area (Å²) in [4.78, 5) is 15.6. The Bertz CT molecular complexity index is 3830. The standard InChI is InChI=1S/C63H42N4O/c1-2-20-49(43-23-10-4-11-24-43)53(37-42-21-8-3-9-22-42)46-33-35-50(56(38-46)63-65-61(44-25-12-5-13-26-44)64-62(66-63)45-27-14-6-15-28-45)47-34-36-52-55-40-54-51-31-18-19-32-57(51)67(48-29-16-7-17-30-48)58(54)41-60(55)68-59(52)39-47/h2-41H,1H2/b49-20-,53-37-. The lowest BCUT2D eigenvalue weighted by Crippen LogP contribution is -2.02. The monoisotopic (exact) mass is 870 g/mol. The molecule has 0 aliphatic rings. The summed E-state index contributed by atoms with van der Waals surface area (Å²) < 4.78 is 9.19. The highest BCUT2D eigenvalue weighted by Gasteiger charge is 2.21. The summed E-state index contributed by atoms with van der Waals surface area (Å²) in [7, 11) is 0.